The average molecular weight is 399 g/mol. The Morgan fingerprint density at radius 3 is 2.45 bits per heavy atom. The first-order chi connectivity index (χ1) is 13.7. The van der Waals surface area contributed by atoms with Crippen LogP contribution >= 0.6 is 0 Å². The molecular formula is C23H31FN4O. The second kappa shape index (κ2) is 7.56. The molecule has 1 saturated carbocycles. The van der Waals surface area contributed by atoms with Gasteiger partial charge in [0, 0.05) is 43.8 Å². The van der Waals surface area contributed by atoms with E-state index in [4.69, 9.17) is 5.10 Å². The van der Waals surface area contributed by atoms with Gasteiger partial charge in [0.15, 0.2) is 5.69 Å². The van der Waals surface area contributed by atoms with Crippen LogP contribution in [0, 0.1) is 5.82 Å². The second-order valence-corrected chi connectivity index (χ2v) is 9.52. The Bertz CT molecular complexity index is 879. The molecule has 29 heavy (non-hydrogen) atoms. The summed E-state index contributed by atoms with van der Waals surface area (Å²) in [6.45, 7) is 11.6. The molecular weight excluding hydrogens is 367 g/mol. The van der Waals surface area contributed by atoms with Crippen molar-refractivity contribution in [2.75, 3.05) is 19.6 Å². The minimum Gasteiger partial charge on any atom is -0.332 e. The minimum absolute atomic E-state index is 0.0313. The van der Waals surface area contributed by atoms with Crippen molar-refractivity contribution in [3.05, 3.63) is 53.1 Å². The van der Waals surface area contributed by atoms with Crippen molar-refractivity contribution >= 4 is 5.91 Å². The van der Waals surface area contributed by atoms with E-state index in [1.165, 1.54) is 30.7 Å². The summed E-state index contributed by atoms with van der Waals surface area (Å²) < 4.78 is 15.2. The predicted octanol–water partition coefficient (Wildman–Crippen LogP) is 4.00. The molecule has 2 heterocycles. The molecule has 1 saturated heterocycles. The molecule has 0 spiro atoms. The van der Waals surface area contributed by atoms with Crippen LogP contribution < -0.4 is 0 Å². The van der Waals surface area contributed by atoms with Crippen molar-refractivity contribution in [1.29, 1.82) is 0 Å². The summed E-state index contributed by atoms with van der Waals surface area (Å²) in [5, 5.41) is 4.72. The Labute approximate surface area is 172 Å². The number of benzene rings is 1. The fourth-order valence-electron chi connectivity index (χ4n) is 4.18. The topological polar surface area (TPSA) is 41.4 Å². The molecule has 156 valence electrons. The van der Waals surface area contributed by atoms with E-state index < -0.39 is 0 Å². The summed E-state index contributed by atoms with van der Waals surface area (Å²) in [4.78, 5) is 17.5. The minimum atomic E-state index is -0.210. The molecule has 1 aliphatic carbocycles. The predicted molar refractivity (Wildman–Crippen MR) is 111 cm³/mol. The monoisotopic (exact) mass is 398 g/mol. The molecule has 6 heteroatoms. The van der Waals surface area contributed by atoms with Crippen LogP contribution in [0.3, 0.4) is 0 Å². The van der Waals surface area contributed by atoms with Crippen molar-refractivity contribution in [3.8, 4) is 0 Å². The zero-order chi connectivity index (χ0) is 20.8. The maximum atomic E-state index is 13.2. The molecule has 0 radical (unpaired) electrons. The smallest absolute Gasteiger partial charge is 0.274 e. The highest BCUT2D eigenvalue weighted by atomic mass is 19.1. The van der Waals surface area contributed by atoms with E-state index in [2.05, 4.69) is 32.6 Å². The van der Waals surface area contributed by atoms with Gasteiger partial charge in [-0.3, -0.25) is 14.4 Å². The molecule has 0 N–H and O–H groups in total. The van der Waals surface area contributed by atoms with Crippen LogP contribution in [0.25, 0.3) is 0 Å². The molecule has 1 atom stereocenters. The lowest BCUT2D eigenvalue weighted by molar-refractivity contribution is 0.0468. The Kier molecular flexibility index (Phi) is 5.23. The normalized spacial score (nSPS) is 20.9. The first kappa shape index (κ1) is 20.1. The largest absolute Gasteiger partial charge is 0.332 e. The van der Waals surface area contributed by atoms with Crippen molar-refractivity contribution in [2.45, 2.75) is 64.6 Å². The van der Waals surface area contributed by atoms with Gasteiger partial charge in [-0.2, -0.15) is 5.10 Å². The van der Waals surface area contributed by atoms with Crippen LogP contribution in [-0.4, -0.2) is 51.2 Å². The first-order valence-electron chi connectivity index (χ1n) is 10.6. The Balaban J connectivity index is 1.44. The third kappa shape index (κ3) is 4.37. The van der Waals surface area contributed by atoms with Crippen molar-refractivity contribution < 1.29 is 9.18 Å². The van der Waals surface area contributed by atoms with Crippen LogP contribution in [0.15, 0.2) is 30.3 Å². The lowest BCUT2D eigenvalue weighted by Gasteiger charge is -2.39. The van der Waals surface area contributed by atoms with Crippen LogP contribution in [0.1, 0.15) is 68.2 Å². The molecule has 1 aromatic heterocycles. The van der Waals surface area contributed by atoms with Gasteiger partial charge in [-0.15, -0.1) is 0 Å². The van der Waals surface area contributed by atoms with E-state index >= 15 is 0 Å². The number of hydrogen-bond acceptors (Lipinski definition) is 3. The number of amides is 1. The highest BCUT2D eigenvalue weighted by molar-refractivity contribution is 5.92. The van der Waals surface area contributed by atoms with E-state index in [-0.39, 0.29) is 23.3 Å². The molecule has 5 nitrogen and oxygen atoms in total. The van der Waals surface area contributed by atoms with E-state index in [0.717, 1.165) is 25.2 Å². The molecule has 2 aromatic rings. The highest BCUT2D eigenvalue weighted by Gasteiger charge is 2.35. The molecule has 2 aliphatic rings. The maximum absolute atomic E-state index is 13.2. The number of nitrogens with zero attached hydrogens (tertiary/aromatic N) is 4. The number of halogens is 1. The molecule has 2 fully saturated rings. The third-order valence-electron chi connectivity index (χ3n) is 5.88. The summed E-state index contributed by atoms with van der Waals surface area (Å²) in [6.07, 6.45) is 2.38. The van der Waals surface area contributed by atoms with E-state index in [0.29, 0.717) is 18.2 Å². The average Bonchev–Trinajstić information content (AvgIpc) is 3.40. The van der Waals surface area contributed by atoms with Crippen molar-refractivity contribution in [1.82, 2.24) is 19.6 Å². The van der Waals surface area contributed by atoms with Gasteiger partial charge in [0.2, 0.25) is 0 Å². The number of piperazine rings is 1. The van der Waals surface area contributed by atoms with Gasteiger partial charge >= 0.3 is 0 Å². The lowest BCUT2D eigenvalue weighted by Crippen LogP contribution is -2.53. The summed E-state index contributed by atoms with van der Waals surface area (Å²) in [5.41, 5.74) is 2.73. The quantitative estimate of drug-likeness (QED) is 0.782. The van der Waals surface area contributed by atoms with Gasteiger partial charge in [0.05, 0.1) is 5.54 Å². The van der Waals surface area contributed by atoms with Gasteiger partial charge in [0.25, 0.3) is 5.91 Å². The van der Waals surface area contributed by atoms with Gasteiger partial charge in [-0.05, 0) is 64.3 Å². The van der Waals surface area contributed by atoms with Crippen LogP contribution in [0.5, 0.6) is 0 Å². The van der Waals surface area contributed by atoms with Gasteiger partial charge in [0.1, 0.15) is 5.82 Å². The maximum Gasteiger partial charge on any atom is 0.274 e. The Morgan fingerprint density at radius 1 is 1.17 bits per heavy atom. The van der Waals surface area contributed by atoms with Gasteiger partial charge < -0.3 is 4.90 Å². The number of aromatic nitrogens is 2. The first-order valence-corrected chi connectivity index (χ1v) is 10.6. The van der Waals surface area contributed by atoms with Crippen LogP contribution in [-0.2, 0) is 12.1 Å². The number of carbonyl (C=O) groups excluding carboxylic acids is 1. The molecule has 0 unspecified atom stereocenters. The summed E-state index contributed by atoms with van der Waals surface area (Å²) >= 11 is 0. The molecule has 0 bridgehead atoms. The highest BCUT2D eigenvalue weighted by Crippen LogP contribution is 2.41. The van der Waals surface area contributed by atoms with Crippen LogP contribution in [0.4, 0.5) is 4.39 Å². The number of rotatable bonds is 4. The zero-order valence-electron chi connectivity index (χ0n) is 17.9. The second-order valence-electron chi connectivity index (χ2n) is 9.52. The number of hydrogen-bond donors (Lipinski definition) is 0. The third-order valence-corrected chi connectivity index (χ3v) is 5.88. The molecule has 1 aliphatic heterocycles. The van der Waals surface area contributed by atoms with Gasteiger partial charge in [-0.1, -0.05) is 12.1 Å². The summed E-state index contributed by atoms with van der Waals surface area (Å²) in [7, 11) is 0. The Morgan fingerprint density at radius 2 is 1.86 bits per heavy atom. The number of carbonyl (C=O) groups is 1. The van der Waals surface area contributed by atoms with Gasteiger partial charge in [-0.25, -0.2) is 4.39 Å². The summed E-state index contributed by atoms with van der Waals surface area (Å²) in [6, 6.07) is 8.79. The summed E-state index contributed by atoms with van der Waals surface area (Å²) in [5.74, 6) is 0.370. The van der Waals surface area contributed by atoms with E-state index in [9.17, 15) is 9.18 Å². The molecule has 1 aromatic carbocycles. The Hall–Kier alpha value is -2.21. The lowest BCUT2D eigenvalue weighted by atomic mass is 10.1. The molecule has 4 rings (SSSR count). The fraction of sp³-hybridized carbons (Fsp3) is 0.565. The SMILES string of the molecule is C[C@H]1CN(Cc2ccc(F)cc2)CCN1C(=O)c1cc(C2CC2)n(C(C)(C)C)n1. The van der Waals surface area contributed by atoms with E-state index in [1.54, 1.807) is 0 Å². The fourth-order valence-corrected chi connectivity index (χ4v) is 4.18. The van der Waals surface area contributed by atoms with Crippen molar-refractivity contribution in [3.63, 3.8) is 0 Å². The van der Waals surface area contributed by atoms with Crippen molar-refractivity contribution in [2.24, 2.45) is 0 Å². The van der Waals surface area contributed by atoms with Crippen LogP contribution in [0.2, 0.25) is 0 Å². The standard InChI is InChI=1S/C23H31FN4O/c1-16-14-26(15-17-5-9-19(24)10-6-17)11-12-27(16)22(29)20-13-21(18-7-8-18)28(25-20)23(2,3)4/h5-6,9-10,13,16,18H,7-8,11-12,14-15H2,1-4H3/t16-/m0/s1. The zero-order valence-corrected chi connectivity index (χ0v) is 17.9. The molecule has 1 amide bonds. The van der Waals surface area contributed by atoms with E-state index in [1.807, 2.05) is 27.8 Å².